The lowest BCUT2D eigenvalue weighted by Gasteiger charge is -2.15. The summed E-state index contributed by atoms with van der Waals surface area (Å²) in [7, 11) is 0. The minimum Gasteiger partial charge on any atom is -0.478 e. The van der Waals surface area contributed by atoms with Gasteiger partial charge in [0.05, 0.1) is 22.3 Å². The zero-order valence-electron chi connectivity index (χ0n) is 33.1. The first-order chi connectivity index (χ1) is 30.7. The maximum absolute atomic E-state index is 14.7. The maximum Gasteiger partial charge on any atom is 0.347 e. The predicted molar refractivity (Wildman–Crippen MR) is 246 cm³/mol. The van der Waals surface area contributed by atoms with Gasteiger partial charge in [-0.15, -0.1) is 0 Å². The minimum atomic E-state index is -1.47. The molecule has 7 heteroatoms. The highest BCUT2D eigenvalue weighted by Crippen LogP contribution is 2.34. The van der Waals surface area contributed by atoms with E-state index in [4.69, 9.17) is 4.74 Å². The van der Waals surface area contributed by atoms with Crippen LogP contribution in [0.1, 0.15) is 63.7 Å². The van der Waals surface area contributed by atoms with Crippen LogP contribution in [-0.4, -0.2) is 34.1 Å². The van der Waals surface area contributed by atoms with Crippen LogP contribution in [0.5, 0.6) is 0 Å². The zero-order valence-corrected chi connectivity index (χ0v) is 33.1. The van der Waals surface area contributed by atoms with Gasteiger partial charge in [-0.2, -0.15) is 0 Å². The molecule has 0 amide bonds. The molecule has 0 heterocycles. The molecule has 0 saturated carbocycles. The molecular formula is C56H30O7. The molecule has 0 atom stereocenters. The molecule has 0 aliphatic carbocycles. The number of aromatic carboxylic acids is 2. The first-order valence-corrected chi connectivity index (χ1v) is 19.9. The molecule has 2 N–H and O–H groups in total. The standard InChI is InChI=1S/C56H30O7/c57-53(58)49-41(25-23-35-19-9-17-33-11-5-7-21-45(33)35)29-43-27-37-13-1-3-15-39(37)31-47(43)51(49)55(61)63-56(62)52-48-32-40-16-4-2-14-38(40)28-44(48)30-42(50(52)54(59)60)26-24-36-20-10-18-34-12-6-8-22-46(34)36/h1-22,27-32H,(H,57,58)(H,59,60). The van der Waals surface area contributed by atoms with Gasteiger partial charge in [-0.1, -0.05) is 145 Å². The van der Waals surface area contributed by atoms with Crippen LogP contribution in [0, 0.1) is 23.7 Å². The molecule has 0 saturated heterocycles. The Morgan fingerprint density at radius 2 is 0.651 bits per heavy atom. The van der Waals surface area contributed by atoms with Gasteiger partial charge in [0, 0.05) is 22.3 Å². The predicted octanol–water partition coefficient (Wildman–Crippen LogP) is 11.8. The number of rotatable bonds is 4. The number of carbonyl (C=O) groups excluding carboxylic acids is 2. The normalized spacial score (nSPS) is 11.0. The van der Waals surface area contributed by atoms with Crippen molar-refractivity contribution in [1.82, 2.24) is 0 Å². The largest absolute Gasteiger partial charge is 0.478 e. The van der Waals surface area contributed by atoms with Crippen LogP contribution in [0.2, 0.25) is 0 Å². The second-order valence-corrected chi connectivity index (χ2v) is 15.0. The topological polar surface area (TPSA) is 118 Å². The SMILES string of the molecule is O=C(O)c1c(C#Cc2cccc3ccccc23)cc2cc3ccccc3cc2c1C(=O)OC(=O)c1c(C(=O)O)c(C#Cc2cccc3ccccc23)cc2cc3ccccc3cc12. The third-order valence-electron chi connectivity index (χ3n) is 11.3. The molecule has 0 aliphatic rings. The summed E-state index contributed by atoms with van der Waals surface area (Å²) in [5, 5.41) is 29.8. The van der Waals surface area contributed by atoms with Gasteiger partial charge in [0.2, 0.25) is 0 Å². The van der Waals surface area contributed by atoms with E-state index in [0.29, 0.717) is 32.7 Å². The number of ether oxygens (including phenoxy) is 1. The second kappa shape index (κ2) is 15.5. The van der Waals surface area contributed by atoms with E-state index in [2.05, 4.69) is 23.7 Å². The molecule has 296 valence electrons. The van der Waals surface area contributed by atoms with Gasteiger partial charge >= 0.3 is 23.9 Å². The summed E-state index contributed by atoms with van der Waals surface area (Å²) in [6, 6.07) is 51.6. The number of hydrogen-bond acceptors (Lipinski definition) is 5. The van der Waals surface area contributed by atoms with Crippen molar-refractivity contribution in [3.63, 3.8) is 0 Å². The fourth-order valence-electron chi connectivity index (χ4n) is 8.37. The van der Waals surface area contributed by atoms with E-state index in [1.54, 1.807) is 24.3 Å². The molecule has 7 nitrogen and oxygen atoms in total. The quantitative estimate of drug-likeness (QED) is 0.0786. The lowest BCUT2D eigenvalue weighted by atomic mass is 9.91. The fourth-order valence-corrected chi connectivity index (χ4v) is 8.37. The molecule has 0 aromatic heterocycles. The van der Waals surface area contributed by atoms with Gasteiger partial charge in [0.15, 0.2) is 0 Å². The van der Waals surface area contributed by atoms with Crippen LogP contribution in [0.4, 0.5) is 0 Å². The number of benzene rings is 10. The number of esters is 2. The maximum atomic E-state index is 14.7. The third-order valence-corrected chi connectivity index (χ3v) is 11.3. The summed E-state index contributed by atoms with van der Waals surface area (Å²) < 4.78 is 5.69. The molecule has 0 unspecified atom stereocenters. The number of carboxylic acids is 2. The summed E-state index contributed by atoms with van der Waals surface area (Å²) >= 11 is 0. The Morgan fingerprint density at radius 3 is 1.05 bits per heavy atom. The summed E-state index contributed by atoms with van der Waals surface area (Å²) in [4.78, 5) is 56.1. The van der Waals surface area contributed by atoms with Crippen molar-refractivity contribution in [3.8, 4) is 23.7 Å². The molecule has 0 radical (unpaired) electrons. The van der Waals surface area contributed by atoms with E-state index in [1.807, 2.05) is 146 Å². The Morgan fingerprint density at radius 1 is 0.317 bits per heavy atom. The fraction of sp³-hybridized carbons (Fsp3) is 0. The minimum absolute atomic E-state index is 0.0199. The average Bonchev–Trinajstić information content (AvgIpc) is 3.30. The summed E-state index contributed by atoms with van der Waals surface area (Å²) in [6.45, 7) is 0. The van der Waals surface area contributed by atoms with Crippen LogP contribution in [-0.2, 0) is 4.74 Å². The van der Waals surface area contributed by atoms with Crippen LogP contribution in [0.3, 0.4) is 0 Å². The first-order valence-electron chi connectivity index (χ1n) is 19.9. The molecule has 10 rings (SSSR count). The molecule has 10 aromatic rings. The van der Waals surface area contributed by atoms with E-state index in [0.717, 1.165) is 32.3 Å². The van der Waals surface area contributed by atoms with Crippen molar-refractivity contribution in [2.75, 3.05) is 0 Å². The van der Waals surface area contributed by atoms with Gasteiger partial charge in [0.25, 0.3) is 0 Å². The number of fused-ring (bicyclic) bond motifs is 6. The molecular weight excluding hydrogens is 785 g/mol. The van der Waals surface area contributed by atoms with Crippen molar-refractivity contribution in [2.45, 2.75) is 0 Å². The Labute approximate surface area is 359 Å². The summed E-state index contributed by atoms with van der Waals surface area (Å²) in [6.07, 6.45) is 0. The Hall–Kier alpha value is -9.04. The second-order valence-electron chi connectivity index (χ2n) is 15.0. The first kappa shape index (κ1) is 38.2. The molecule has 0 aliphatic heterocycles. The summed E-state index contributed by atoms with van der Waals surface area (Å²) in [5.74, 6) is 6.75. The van der Waals surface area contributed by atoms with Gasteiger partial charge in [-0.05, 0) is 113 Å². The van der Waals surface area contributed by atoms with Crippen LogP contribution in [0.25, 0.3) is 64.6 Å². The smallest absolute Gasteiger partial charge is 0.347 e. The van der Waals surface area contributed by atoms with Crippen LogP contribution in [0.15, 0.2) is 170 Å². The van der Waals surface area contributed by atoms with Crippen molar-refractivity contribution >= 4 is 88.5 Å². The highest BCUT2D eigenvalue weighted by molar-refractivity contribution is 6.22. The molecule has 63 heavy (non-hydrogen) atoms. The third kappa shape index (κ3) is 6.92. The molecule has 0 spiro atoms. The lowest BCUT2D eigenvalue weighted by molar-refractivity contribution is 0.0389. The van der Waals surface area contributed by atoms with E-state index in [9.17, 15) is 29.4 Å². The molecule has 0 bridgehead atoms. The van der Waals surface area contributed by atoms with Gasteiger partial charge in [0.1, 0.15) is 0 Å². The van der Waals surface area contributed by atoms with Gasteiger partial charge in [-0.25, -0.2) is 19.2 Å². The van der Waals surface area contributed by atoms with Crippen LogP contribution >= 0.6 is 0 Å². The monoisotopic (exact) mass is 814 g/mol. The van der Waals surface area contributed by atoms with E-state index >= 15 is 0 Å². The highest BCUT2D eigenvalue weighted by atomic mass is 16.6. The van der Waals surface area contributed by atoms with E-state index in [1.165, 1.54) is 0 Å². The average molecular weight is 815 g/mol. The van der Waals surface area contributed by atoms with E-state index < -0.39 is 46.1 Å². The number of carbonyl (C=O) groups is 4. The van der Waals surface area contributed by atoms with Gasteiger partial charge in [-0.3, -0.25) is 0 Å². The van der Waals surface area contributed by atoms with Crippen LogP contribution < -0.4 is 0 Å². The number of carboxylic acid groups (broad SMARTS) is 2. The lowest BCUT2D eigenvalue weighted by Crippen LogP contribution is -2.20. The zero-order chi connectivity index (χ0) is 43.2. The van der Waals surface area contributed by atoms with Crippen molar-refractivity contribution in [2.24, 2.45) is 0 Å². The number of hydrogen-bond donors (Lipinski definition) is 2. The Balaban J connectivity index is 1.17. The highest BCUT2D eigenvalue weighted by Gasteiger charge is 2.31. The molecule has 10 aromatic carbocycles. The van der Waals surface area contributed by atoms with Gasteiger partial charge < -0.3 is 14.9 Å². The van der Waals surface area contributed by atoms with Crippen molar-refractivity contribution in [3.05, 3.63) is 214 Å². The Bertz CT molecular complexity index is 3520. The molecule has 0 fully saturated rings. The Kier molecular flexibility index (Phi) is 9.41. The van der Waals surface area contributed by atoms with Crippen molar-refractivity contribution < 1.29 is 34.1 Å². The van der Waals surface area contributed by atoms with Crippen molar-refractivity contribution in [1.29, 1.82) is 0 Å². The summed E-state index contributed by atoms with van der Waals surface area (Å²) in [5.41, 5.74) is -0.407. The van der Waals surface area contributed by atoms with E-state index in [-0.39, 0.29) is 21.9 Å².